The molecule has 1 fully saturated rings. The third-order valence-electron chi connectivity index (χ3n) is 6.26. The standard InChI is InChI=1S/C24H31N5O4S/c1-24(2,3)18-4-6-19(7-5-18)34(32,33)29-10-8-28(9-11-29)23-26-21-13-17(15-31)16(14-30)12-20(21)22(25)27-23/h4-7,12-13,30-31H,8-11,14-15H2,1-3H3,(H2,25,26,27). The second kappa shape index (κ2) is 9.10. The van der Waals surface area contributed by atoms with Gasteiger partial charge in [-0.3, -0.25) is 0 Å². The lowest BCUT2D eigenvalue weighted by Crippen LogP contribution is -2.49. The summed E-state index contributed by atoms with van der Waals surface area (Å²) in [4.78, 5) is 11.2. The fourth-order valence-corrected chi connectivity index (χ4v) is 5.54. The number of hydrogen-bond acceptors (Lipinski definition) is 8. The molecule has 0 radical (unpaired) electrons. The van der Waals surface area contributed by atoms with E-state index in [9.17, 15) is 18.6 Å². The van der Waals surface area contributed by atoms with Crippen LogP contribution in [0.25, 0.3) is 10.9 Å². The number of benzene rings is 2. The van der Waals surface area contributed by atoms with Crippen LogP contribution in [0.5, 0.6) is 0 Å². The third-order valence-corrected chi connectivity index (χ3v) is 8.17. The summed E-state index contributed by atoms with van der Waals surface area (Å²) in [5, 5.41) is 19.7. The number of aromatic nitrogens is 2. The lowest BCUT2D eigenvalue weighted by Gasteiger charge is -2.34. The summed E-state index contributed by atoms with van der Waals surface area (Å²) in [6.07, 6.45) is 0. The molecule has 34 heavy (non-hydrogen) atoms. The van der Waals surface area contributed by atoms with Crippen LogP contribution in [0.4, 0.5) is 11.8 Å². The number of nitrogens with zero attached hydrogens (tertiary/aromatic N) is 4. The van der Waals surface area contributed by atoms with Crippen LogP contribution in [0.15, 0.2) is 41.3 Å². The van der Waals surface area contributed by atoms with Crippen LogP contribution in [0.3, 0.4) is 0 Å². The van der Waals surface area contributed by atoms with Crippen LogP contribution in [0, 0.1) is 0 Å². The molecule has 0 saturated carbocycles. The number of sulfonamides is 1. The Morgan fingerprint density at radius 3 is 2.09 bits per heavy atom. The van der Waals surface area contributed by atoms with Crippen molar-refractivity contribution in [1.29, 1.82) is 0 Å². The Morgan fingerprint density at radius 1 is 0.941 bits per heavy atom. The van der Waals surface area contributed by atoms with Gasteiger partial charge in [0.1, 0.15) is 5.82 Å². The topological polar surface area (TPSA) is 133 Å². The van der Waals surface area contributed by atoms with Crippen molar-refractivity contribution in [2.24, 2.45) is 0 Å². The number of hydrogen-bond donors (Lipinski definition) is 3. The Hall–Kier alpha value is -2.79. The molecule has 4 N–H and O–H groups in total. The molecule has 2 aromatic carbocycles. The van der Waals surface area contributed by atoms with Crippen molar-refractivity contribution in [3.63, 3.8) is 0 Å². The predicted octanol–water partition coefficient (Wildman–Crippen LogP) is 2.00. The third kappa shape index (κ3) is 4.58. The molecule has 0 spiro atoms. The average Bonchev–Trinajstić information content (AvgIpc) is 2.82. The quantitative estimate of drug-likeness (QED) is 0.500. The van der Waals surface area contributed by atoms with Crippen molar-refractivity contribution in [2.45, 2.75) is 44.3 Å². The molecule has 1 aromatic heterocycles. The van der Waals surface area contributed by atoms with Crippen LogP contribution in [-0.4, -0.2) is 59.1 Å². The van der Waals surface area contributed by atoms with Crippen molar-refractivity contribution < 1.29 is 18.6 Å². The normalized spacial score (nSPS) is 15.7. The number of fused-ring (bicyclic) bond motifs is 1. The van der Waals surface area contributed by atoms with Gasteiger partial charge < -0.3 is 20.8 Å². The molecule has 9 nitrogen and oxygen atoms in total. The zero-order valence-corrected chi connectivity index (χ0v) is 20.5. The smallest absolute Gasteiger partial charge is 0.243 e. The highest BCUT2D eigenvalue weighted by Crippen LogP contribution is 2.28. The Bertz CT molecular complexity index is 1300. The molecule has 182 valence electrons. The van der Waals surface area contributed by atoms with E-state index in [0.717, 1.165) is 5.56 Å². The van der Waals surface area contributed by atoms with Crippen molar-refractivity contribution in [1.82, 2.24) is 14.3 Å². The van der Waals surface area contributed by atoms with Crippen LogP contribution in [0.1, 0.15) is 37.5 Å². The molecule has 0 unspecified atom stereocenters. The van der Waals surface area contributed by atoms with Gasteiger partial charge in [0.2, 0.25) is 16.0 Å². The van der Waals surface area contributed by atoms with Crippen molar-refractivity contribution in [3.05, 3.63) is 53.1 Å². The van der Waals surface area contributed by atoms with Gasteiger partial charge >= 0.3 is 0 Å². The van der Waals surface area contributed by atoms with E-state index >= 15 is 0 Å². The summed E-state index contributed by atoms with van der Waals surface area (Å²) < 4.78 is 27.8. The lowest BCUT2D eigenvalue weighted by atomic mass is 9.87. The Kier molecular flexibility index (Phi) is 6.52. The number of nitrogens with two attached hydrogens (primary N) is 1. The van der Waals surface area contributed by atoms with Gasteiger partial charge in [-0.1, -0.05) is 32.9 Å². The predicted molar refractivity (Wildman–Crippen MR) is 132 cm³/mol. The SMILES string of the molecule is CC(C)(C)c1ccc(S(=O)(=O)N2CCN(c3nc(N)c4cc(CO)c(CO)cc4n3)CC2)cc1. The van der Waals surface area contributed by atoms with Gasteiger partial charge in [-0.15, -0.1) is 0 Å². The second-order valence-corrected chi connectivity index (χ2v) is 11.5. The Balaban J connectivity index is 1.53. The molecule has 1 saturated heterocycles. The molecule has 4 rings (SSSR count). The number of rotatable bonds is 5. The lowest BCUT2D eigenvalue weighted by molar-refractivity contribution is 0.260. The van der Waals surface area contributed by atoms with Gasteiger partial charge in [-0.05, 0) is 46.4 Å². The van der Waals surface area contributed by atoms with E-state index in [1.54, 1.807) is 24.3 Å². The number of aliphatic hydroxyl groups is 2. The zero-order chi connectivity index (χ0) is 24.7. The molecular formula is C24H31N5O4S. The van der Waals surface area contributed by atoms with E-state index in [0.29, 0.717) is 54.2 Å². The number of nitrogen functional groups attached to an aromatic ring is 1. The molecule has 2 heterocycles. The maximum atomic E-state index is 13.2. The van der Waals surface area contributed by atoms with E-state index in [-0.39, 0.29) is 29.3 Å². The highest BCUT2D eigenvalue weighted by Gasteiger charge is 2.30. The average molecular weight is 486 g/mol. The number of piperazine rings is 1. The van der Waals surface area contributed by atoms with Crippen LogP contribution in [-0.2, 0) is 28.7 Å². The Labute approximate surface area is 199 Å². The second-order valence-electron chi connectivity index (χ2n) is 9.53. The van der Waals surface area contributed by atoms with Gasteiger partial charge in [-0.2, -0.15) is 9.29 Å². The molecule has 0 amide bonds. The summed E-state index contributed by atoms with van der Waals surface area (Å²) in [5.41, 5.74) is 8.92. The summed E-state index contributed by atoms with van der Waals surface area (Å²) in [5.74, 6) is 0.686. The number of anilines is 2. The minimum absolute atomic E-state index is 0.0484. The van der Waals surface area contributed by atoms with Crippen LogP contribution < -0.4 is 10.6 Å². The summed E-state index contributed by atoms with van der Waals surface area (Å²) in [7, 11) is -3.60. The van der Waals surface area contributed by atoms with Gasteiger partial charge in [-0.25, -0.2) is 13.4 Å². The van der Waals surface area contributed by atoms with E-state index in [2.05, 4.69) is 30.7 Å². The van der Waals surface area contributed by atoms with Gasteiger partial charge in [0.15, 0.2) is 0 Å². The van der Waals surface area contributed by atoms with Gasteiger partial charge in [0.05, 0.1) is 23.6 Å². The maximum Gasteiger partial charge on any atom is 0.243 e. The molecule has 10 heteroatoms. The van der Waals surface area contributed by atoms with E-state index < -0.39 is 10.0 Å². The van der Waals surface area contributed by atoms with Gasteiger partial charge in [0.25, 0.3) is 0 Å². The minimum atomic E-state index is -3.60. The molecular weight excluding hydrogens is 454 g/mol. The molecule has 1 aliphatic heterocycles. The highest BCUT2D eigenvalue weighted by molar-refractivity contribution is 7.89. The molecule has 3 aromatic rings. The van der Waals surface area contributed by atoms with E-state index in [4.69, 9.17) is 5.73 Å². The molecule has 0 aliphatic carbocycles. The monoisotopic (exact) mass is 485 g/mol. The number of aliphatic hydroxyl groups excluding tert-OH is 2. The summed E-state index contributed by atoms with van der Waals surface area (Å²) >= 11 is 0. The van der Waals surface area contributed by atoms with E-state index in [1.165, 1.54) is 4.31 Å². The van der Waals surface area contributed by atoms with Gasteiger partial charge in [0, 0.05) is 31.6 Å². The van der Waals surface area contributed by atoms with Crippen molar-refractivity contribution in [2.75, 3.05) is 36.8 Å². The van der Waals surface area contributed by atoms with E-state index in [1.807, 2.05) is 17.0 Å². The van der Waals surface area contributed by atoms with Crippen molar-refractivity contribution in [3.8, 4) is 0 Å². The largest absolute Gasteiger partial charge is 0.392 e. The molecule has 0 bridgehead atoms. The Morgan fingerprint density at radius 2 is 1.53 bits per heavy atom. The molecule has 1 aliphatic rings. The first-order chi connectivity index (χ1) is 16.0. The summed E-state index contributed by atoms with van der Waals surface area (Å²) in [6.45, 7) is 7.28. The summed E-state index contributed by atoms with van der Waals surface area (Å²) in [6, 6.07) is 10.5. The zero-order valence-electron chi connectivity index (χ0n) is 19.7. The fourth-order valence-electron chi connectivity index (χ4n) is 4.11. The first kappa shape index (κ1) is 24.3. The minimum Gasteiger partial charge on any atom is -0.392 e. The molecule has 0 atom stereocenters. The first-order valence-electron chi connectivity index (χ1n) is 11.2. The fraction of sp³-hybridized carbons (Fsp3) is 0.417. The maximum absolute atomic E-state index is 13.2. The van der Waals surface area contributed by atoms with Crippen molar-refractivity contribution >= 4 is 32.7 Å². The van der Waals surface area contributed by atoms with Crippen LogP contribution >= 0.6 is 0 Å². The first-order valence-corrected chi connectivity index (χ1v) is 12.6. The van der Waals surface area contributed by atoms with Crippen LogP contribution in [0.2, 0.25) is 0 Å². The highest BCUT2D eigenvalue weighted by atomic mass is 32.2.